The largest absolute Gasteiger partial charge is 0.294 e. The number of ketones is 1. The van der Waals surface area contributed by atoms with Crippen molar-refractivity contribution in [2.75, 3.05) is 6.26 Å². The summed E-state index contributed by atoms with van der Waals surface area (Å²) in [4.78, 5) is 22.0. The summed E-state index contributed by atoms with van der Waals surface area (Å²) >= 11 is 7.33. The Morgan fingerprint density at radius 1 is 1.54 bits per heavy atom. The number of hydrogen-bond acceptors (Lipinski definition) is 3. The standard InChI is InChI=1S/C9H7ClO2S/c1-13-9-3-2-6(4-7(9)10)8(12)5-11/h2-5H,1H3. The van der Waals surface area contributed by atoms with Gasteiger partial charge in [0.25, 0.3) is 0 Å². The zero-order chi connectivity index (χ0) is 9.84. The second kappa shape index (κ2) is 4.44. The Balaban J connectivity index is 3.09. The number of rotatable bonds is 3. The van der Waals surface area contributed by atoms with Crippen molar-refractivity contribution < 1.29 is 9.59 Å². The molecule has 0 bridgehead atoms. The molecule has 1 aromatic carbocycles. The van der Waals surface area contributed by atoms with Crippen molar-refractivity contribution in [2.24, 2.45) is 0 Å². The van der Waals surface area contributed by atoms with Crippen molar-refractivity contribution in [1.29, 1.82) is 0 Å². The minimum Gasteiger partial charge on any atom is -0.294 e. The molecule has 1 aromatic rings. The summed E-state index contributed by atoms with van der Waals surface area (Å²) in [7, 11) is 0. The summed E-state index contributed by atoms with van der Waals surface area (Å²) in [5.41, 5.74) is 0.331. The molecule has 0 radical (unpaired) electrons. The van der Waals surface area contributed by atoms with Crippen molar-refractivity contribution in [3.8, 4) is 0 Å². The van der Waals surface area contributed by atoms with Gasteiger partial charge in [0.05, 0.1) is 5.02 Å². The number of thioether (sulfide) groups is 1. The van der Waals surface area contributed by atoms with E-state index in [1.807, 2.05) is 6.26 Å². The highest BCUT2D eigenvalue weighted by atomic mass is 35.5. The smallest absolute Gasteiger partial charge is 0.225 e. The SMILES string of the molecule is CSc1ccc(C(=O)C=O)cc1Cl. The van der Waals surface area contributed by atoms with Crippen LogP contribution in [0.2, 0.25) is 5.02 Å². The highest BCUT2D eigenvalue weighted by Gasteiger charge is 2.06. The number of carbonyl (C=O) groups is 2. The lowest BCUT2D eigenvalue weighted by molar-refractivity contribution is -0.104. The van der Waals surface area contributed by atoms with Crippen LogP contribution < -0.4 is 0 Å². The summed E-state index contributed by atoms with van der Waals surface area (Å²) in [6.45, 7) is 0. The van der Waals surface area contributed by atoms with Crippen LogP contribution in [-0.2, 0) is 4.79 Å². The van der Waals surface area contributed by atoms with Crippen LogP contribution >= 0.6 is 23.4 Å². The molecule has 0 amide bonds. The summed E-state index contributed by atoms with van der Waals surface area (Å²) in [5.74, 6) is -0.547. The van der Waals surface area contributed by atoms with Crippen molar-refractivity contribution in [3.63, 3.8) is 0 Å². The Bertz CT molecular complexity index is 349. The van der Waals surface area contributed by atoms with Gasteiger partial charge >= 0.3 is 0 Å². The third kappa shape index (κ3) is 2.32. The highest BCUT2D eigenvalue weighted by Crippen LogP contribution is 2.25. The number of aldehydes is 1. The van der Waals surface area contributed by atoms with Crippen molar-refractivity contribution in [1.82, 2.24) is 0 Å². The van der Waals surface area contributed by atoms with Gasteiger partial charge < -0.3 is 0 Å². The van der Waals surface area contributed by atoms with Gasteiger partial charge in [-0.25, -0.2) is 0 Å². The summed E-state index contributed by atoms with van der Waals surface area (Å²) < 4.78 is 0. The van der Waals surface area contributed by atoms with Gasteiger partial charge in [0.15, 0.2) is 6.29 Å². The van der Waals surface area contributed by atoms with Gasteiger partial charge in [0.2, 0.25) is 5.78 Å². The second-order valence-corrected chi connectivity index (χ2v) is 3.59. The Kier molecular flexibility index (Phi) is 3.51. The average molecular weight is 215 g/mol. The molecule has 0 fully saturated rings. The highest BCUT2D eigenvalue weighted by molar-refractivity contribution is 7.98. The van der Waals surface area contributed by atoms with Crippen LogP contribution in [0.1, 0.15) is 10.4 Å². The van der Waals surface area contributed by atoms with Gasteiger partial charge in [-0.2, -0.15) is 0 Å². The minimum atomic E-state index is -0.547. The number of benzene rings is 1. The quantitative estimate of drug-likeness (QED) is 0.336. The van der Waals surface area contributed by atoms with E-state index in [1.165, 1.54) is 17.8 Å². The van der Waals surface area contributed by atoms with Gasteiger partial charge in [0.1, 0.15) is 0 Å². The van der Waals surface area contributed by atoms with Crippen molar-refractivity contribution >= 4 is 35.4 Å². The third-order valence-corrected chi connectivity index (χ3v) is 2.76. The fraction of sp³-hybridized carbons (Fsp3) is 0.111. The zero-order valence-corrected chi connectivity index (χ0v) is 8.48. The topological polar surface area (TPSA) is 34.1 Å². The first-order valence-corrected chi connectivity index (χ1v) is 5.12. The molecule has 0 heterocycles. The Morgan fingerprint density at radius 2 is 2.23 bits per heavy atom. The van der Waals surface area contributed by atoms with E-state index in [2.05, 4.69) is 0 Å². The Labute approximate surface area is 85.3 Å². The monoisotopic (exact) mass is 214 g/mol. The molecule has 0 aliphatic rings. The minimum absolute atomic E-state index is 0.282. The first-order valence-electron chi connectivity index (χ1n) is 3.52. The Morgan fingerprint density at radius 3 is 2.69 bits per heavy atom. The van der Waals surface area contributed by atoms with E-state index < -0.39 is 5.78 Å². The van der Waals surface area contributed by atoms with Crippen LogP contribution in [0.25, 0.3) is 0 Å². The molecule has 0 aliphatic carbocycles. The normalized spacial score (nSPS) is 9.69. The number of carbonyl (C=O) groups excluding carboxylic acids is 2. The van der Waals surface area contributed by atoms with Gasteiger partial charge in [-0.3, -0.25) is 9.59 Å². The van der Waals surface area contributed by atoms with E-state index in [0.717, 1.165) is 4.90 Å². The fourth-order valence-electron chi connectivity index (χ4n) is 0.888. The zero-order valence-electron chi connectivity index (χ0n) is 6.91. The summed E-state index contributed by atoms with van der Waals surface area (Å²) in [6.07, 6.45) is 2.17. The molecule has 68 valence electrons. The molecule has 2 nitrogen and oxygen atoms in total. The van der Waals surface area contributed by atoms with Gasteiger partial charge in [-0.05, 0) is 24.5 Å². The fourth-order valence-corrected chi connectivity index (χ4v) is 1.76. The lowest BCUT2D eigenvalue weighted by atomic mass is 10.1. The van der Waals surface area contributed by atoms with E-state index in [9.17, 15) is 9.59 Å². The molecule has 0 N–H and O–H groups in total. The second-order valence-electron chi connectivity index (χ2n) is 2.33. The number of Topliss-reactive ketones (excluding diaryl/α,β-unsaturated/α-hetero) is 1. The summed E-state index contributed by atoms with van der Waals surface area (Å²) in [6, 6.07) is 4.82. The molecule has 0 aliphatic heterocycles. The van der Waals surface area contributed by atoms with Crippen LogP contribution in [0.5, 0.6) is 0 Å². The molecule has 13 heavy (non-hydrogen) atoms. The molecule has 1 rings (SSSR count). The molecule has 0 unspecified atom stereocenters. The van der Waals surface area contributed by atoms with E-state index in [0.29, 0.717) is 10.6 Å². The first kappa shape index (κ1) is 10.3. The van der Waals surface area contributed by atoms with E-state index in [1.54, 1.807) is 12.1 Å². The molecule has 0 spiro atoms. The van der Waals surface area contributed by atoms with Crippen LogP contribution in [0, 0.1) is 0 Å². The van der Waals surface area contributed by atoms with E-state index in [-0.39, 0.29) is 6.29 Å². The lowest BCUT2D eigenvalue weighted by Gasteiger charge is -2.00. The predicted octanol–water partition coefficient (Wildman–Crippen LogP) is 2.44. The molecular weight excluding hydrogens is 208 g/mol. The van der Waals surface area contributed by atoms with Gasteiger partial charge in [-0.15, -0.1) is 11.8 Å². The van der Waals surface area contributed by atoms with Crippen LogP contribution in [0.15, 0.2) is 23.1 Å². The predicted molar refractivity (Wildman–Crippen MR) is 53.6 cm³/mol. The van der Waals surface area contributed by atoms with E-state index >= 15 is 0 Å². The molecule has 0 atom stereocenters. The maximum atomic E-state index is 10.9. The summed E-state index contributed by atoms with van der Waals surface area (Å²) in [5, 5.41) is 0.500. The molecule has 0 saturated carbocycles. The molecule has 4 heteroatoms. The van der Waals surface area contributed by atoms with Crippen molar-refractivity contribution in [2.45, 2.75) is 4.90 Å². The van der Waals surface area contributed by atoms with Crippen LogP contribution in [-0.4, -0.2) is 18.3 Å². The number of halogens is 1. The Hall–Kier alpha value is -0.800. The lowest BCUT2D eigenvalue weighted by Crippen LogP contribution is -1.99. The van der Waals surface area contributed by atoms with Crippen molar-refractivity contribution in [3.05, 3.63) is 28.8 Å². The first-order chi connectivity index (χ1) is 6.19. The molecular formula is C9H7ClO2S. The van der Waals surface area contributed by atoms with Gasteiger partial charge in [-0.1, -0.05) is 11.6 Å². The maximum absolute atomic E-state index is 10.9. The van der Waals surface area contributed by atoms with Crippen LogP contribution in [0.4, 0.5) is 0 Å². The molecule has 0 saturated heterocycles. The number of hydrogen-bond donors (Lipinski definition) is 0. The van der Waals surface area contributed by atoms with Gasteiger partial charge in [0, 0.05) is 10.5 Å². The van der Waals surface area contributed by atoms with Crippen LogP contribution in [0.3, 0.4) is 0 Å². The van der Waals surface area contributed by atoms with E-state index in [4.69, 9.17) is 11.6 Å². The maximum Gasteiger partial charge on any atom is 0.225 e. The third-order valence-electron chi connectivity index (χ3n) is 1.54. The molecule has 0 aromatic heterocycles. The average Bonchev–Trinajstić information content (AvgIpc) is 2.16.